The summed E-state index contributed by atoms with van der Waals surface area (Å²) in [6.45, 7) is 4.44. The number of hydrogen-bond donors (Lipinski definition) is 1. The lowest BCUT2D eigenvalue weighted by molar-refractivity contribution is 0.0386. The maximum Gasteiger partial charge on any atom is 0.134 e. The van der Waals surface area contributed by atoms with E-state index in [-0.39, 0.29) is 12.2 Å². The first-order valence-electron chi connectivity index (χ1n) is 6.73. The van der Waals surface area contributed by atoms with E-state index in [1.54, 1.807) is 11.8 Å². The number of benzene rings is 1. The largest absolute Gasteiger partial charge is 0.486 e. The molecular formula is C15H22O2S. The van der Waals surface area contributed by atoms with E-state index >= 15 is 0 Å². The van der Waals surface area contributed by atoms with Crippen molar-refractivity contribution in [2.45, 2.75) is 50.2 Å². The highest BCUT2D eigenvalue weighted by Gasteiger charge is 2.26. The van der Waals surface area contributed by atoms with Crippen molar-refractivity contribution >= 4 is 11.8 Å². The third-order valence-electron chi connectivity index (χ3n) is 3.24. The molecule has 1 aliphatic rings. The third-order valence-corrected chi connectivity index (χ3v) is 4.38. The maximum absolute atomic E-state index is 10.2. The summed E-state index contributed by atoms with van der Waals surface area (Å²) in [5.74, 6) is 2.47. The Kier molecular flexibility index (Phi) is 4.95. The zero-order valence-electron chi connectivity index (χ0n) is 11.1. The maximum atomic E-state index is 10.2. The summed E-state index contributed by atoms with van der Waals surface area (Å²) >= 11 is 1.78. The molecule has 0 amide bonds. The van der Waals surface area contributed by atoms with Crippen LogP contribution in [0.5, 0.6) is 5.75 Å². The summed E-state index contributed by atoms with van der Waals surface area (Å²) in [6.07, 6.45) is 2.69. The van der Waals surface area contributed by atoms with Gasteiger partial charge in [0.15, 0.2) is 0 Å². The van der Waals surface area contributed by atoms with Gasteiger partial charge in [-0.2, -0.15) is 0 Å². The Balaban J connectivity index is 1.84. The van der Waals surface area contributed by atoms with Crippen LogP contribution in [0, 0.1) is 5.92 Å². The van der Waals surface area contributed by atoms with Crippen LogP contribution in [0.4, 0.5) is 0 Å². The molecule has 18 heavy (non-hydrogen) atoms. The molecule has 0 aliphatic carbocycles. The predicted octanol–water partition coefficient (Wildman–Crippen LogP) is 3.73. The van der Waals surface area contributed by atoms with Gasteiger partial charge in [0.2, 0.25) is 0 Å². The fourth-order valence-electron chi connectivity index (χ4n) is 2.15. The molecule has 1 aromatic carbocycles. The van der Waals surface area contributed by atoms with Crippen LogP contribution in [0.3, 0.4) is 0 Å². The van der Waals surface area contributed by atoms with E-state index in [4.69, 9.17) is 4.74 Å². The fraction of sp³-hybridized carbons (Fsp3) is 0.600. The Hall–Kier alpha value is -0.670. The number of fused-ring (bicyclic) bond motifs is 1. The molecule has 0 saturated carbocycles. The summed E-state index contributed by atoms with van der Waals surface area (Å²) < 4.78 is 5.88. The number of thioether (sulfide) groups is 1. The van der Waals surface area contributed by atoms with Crippen LogP contribution in [0.15, 0.2) is 29.2 Å². The van der Waals surface area contributed by atoms with Gasteiger partial charge in [-0.05, 0) is 24.5 Å². The van der Waals surface area contributed by atoms with E-state index in [1.165, 1.54) is 11.3 Å². The first-order chi connectivity index (χ1) is 8.66. The van der Waals surface area contributed by atoms with Gasteiger partial charge >= 0.3 is 0 Å². The molecule has 0 fully saturated rings. The second-order valence-electron chi connectivity index (χ2n) is 5.31. The third kappa shape index (κ3) is 3.66. The lowest BCUT2D eigenvalue weighted by Crippen LogP contribution is -2.36. The molecule has 2 nitrogen and oxygen atoms in total. The number of para-hydroxylation sites is 1. The molecule has 2 rings (SSSR count). The Labute approximate surface area is 114 Å². The first kappa shape index (κ1) is 13.8. The summed E-state index contributed by atoms with van der Waals surface area (Å²) in [5.41, 5.74) is 0. The molecule has 0 radical (unpaired) electrons. The zero-order valence-corrected chi connectivity index (χ0v) is 12.0. The van der Waals surface area contributed by atoms with Gasteiger partial charge < -0.3 is 9.84 Å². The Morgan fingerprint density at radius 3 is 2.89 bits per heavy atom. The molecule has 0 spiro atoms. The lowest BCUT2D eigenvalue weighted by atomic mass is 10.0. The molecule has 3 heteroatoms. The molecule has 1 aliphatic heterocycles. The van der Waals surface area contributed by atoms with E-state index in [0.29, 0.717) is 5.92 Å². The van der Waals surface area contributed by atoms with Gasteiger partial charge in [0, 0.05) is 10.6 Å². The van der Waals surface area contributed by atoms with Gasteiger partial charge in [0.1, 0.15) is 11.9 Å². The fourth-order valence-corrected chi connectivity index (χ4v) is 3.21. The second kappa shape index (κ2) is 6.48. The summed E-state index contributed by atoms with van der Waals surface area (Å²) in [5, 5.41) is 10.2. The highest BCUT2D eigenvalue weighted by Crippen LogP contribution is 2.36. The van der Waals surface area contributed by atoms with Gasteiger partial charge in [0.25, 0.3) is 0 Å². The number of hydrogen-bond acceptors (Lipinski definition) is 3. The number of aliphatic hydroxyl groups is 1. The number of ether oxygens (including phenoxy) is 1. The van der Waals surface area contributed by atoms with Gasteiger partial charge in [-0.1, -0.05) is 38.8 Å². The first-order valence-corrected chi connectivity index (χ1v) is 7.72. The van der Waals surface area contributed by atoms with Crippen LogP contribution in [0.1, 0.15) is 33.1 Å². The number of rotatable bonds is 5. The van der Waals surface area contributed by atoms with Gasteiger partial charge in [-0.25, -0.2) is 0 Å². The Morgan fingerprint density at radius 2 is 2.11 bits per heavy atom. The summed E-state index contributed by atoms with van der Waals surface area (Å²) in [7, 11) is 0. The standard InChI is InChI=1S/C15H22O2S/c1-11(2)6-5-7-12(16)14-10-18-15-9-4-3-8-13(15)17-14/h3-4,8-9,11-12,14,16H,5-7,10H2,1-2H3. The van der Waals surface area contributed by atoms with Crippen molar-refractivity contribution in [1.29, 1.82) is 0 Å². The Bertz CT molecular complexity index is 379. The van der Waals surface area contributed by atoms with Crippen molar-refractivity contribution in [2.24, 2.45) is 5.92 Å². The second-order valence-corrected chi connectivity index (χ2v) is 6.37. The highest BCUT2D eigenvalue weighted by atomic mass is 32.2. The van der Waals surface area contributed by atoms with Gasteiger partial charge in [0.05, 0.1) is 6.10 Å². The topological polar surface area (TPSA) is 29.5 Å². The van der Waals surface area contributed by atoms with Crippen LogP contribution < -0.4 is 4.74 Å². The summed E-state index contributed by atoms with van der Waals surface area (Å²) in [6, 6.07) is 8.05. The van der Waals surface area contributed by atoms with Gasteiger partial charge in [-0.15, -0.1) is 11.8 Å². The van der Waals surface area contributed by atoms with Crippen LogP contribution in [0.25, 0.3) is 0 Å². The van der Waals surface area contributed by atoms with E-state index in [2.05, 4.69) is 19.9 Å². The van der Waals surface area contributed by atoms with Gasteiger partial charge in [-0.3, -0.25) is 0 Å². The zero-order chi connectivity index (χ0) is 13.0. The minimum Gasteiger partial charge on any atom is -0.486 e. The highest BCUT2D eigenvalue weighted by molar-refractivity contribution is 7.99. The van der Waals surface area contributed by atoms with Crippen molar-refractivity contribution in [2.75, 3.05) is 5.75 Å². The van der Waals surface area contributed by atoms with Crippen molar-refractivity contribution < 1.29 is 9.84 Å². The van der Waals surface area contributed by atoms with E-state index in [0.717, 1.165) is 24.3 Å². The molecule has 1 heterocycles. The van der Waals surface area contributed by atoms with E-state index < -0.39 is 0 Å². The van der Waals surface area contributed by atoms with Crippen molar-refractivity contribution in [1.82, 2.24) is 0 Å². The van der Waals surface area contributed by atoms with E-state index in [9.17, 15) is 5.11 Å². The van der Waals surface area contributed by atoms with Crippen LogP contribution in [-0.2, 0) is 0 Å². The molecule has 0 aromatic heterocycles. The average Bonchev–Trinajstić information content (AvgIpc) is 2.37. The van der Waals surface area contributed by atoms with Crippen LogP contribution in [-0.4, -0.2) is 23.1 Å². The van der Waals surface area contributed by atoms with Crippen molar-refractivity contribution in [3.8, 4) is 5.75 Å². The van der Waals surface area contributed by atoms with Crippen LogP contribution in [0.2, 0.25) is 0 Å². The summed E-state index contributed by atoms with van der Waals surface area (Å²) in [4.78, 5) is 1.18. The minimum absolute atomic E-state index is 0.0583. The smallest absolute Gasteiger partial charge is 0.134 e. The average molecular weight is 266 g/mol. The molecule has 2 atom stereocenters. The Morgan fingerprint density at radius 1 is 1.33 bits per heavy atom. The molecule has 0 saturated heterocycles. The molecule has 2 unspecified atom stereocenters. The molecule has 0 bridgehead atoms. The molecule has 1 aromatic rings. The molecule has 100 valence electrons. The van der Waals surface area contributed by atoms with Crippen molar-refractivity contribution in [3.05, 3.63) is 24.3 Å². The quantitative estimate of drug-likeness (QED) is 0.880. The number of aliphatic hydroxyl groups excluding tert-OH is 1. The predicted molar refractivity (Wildman–Crippen MR) is 76.3 cm³/mol. The molecule has 1 N–H and O–H groups in total. The minimum atomic E-state index is -0.343. The lowest BCUT2D eigenvalue weighted by Gasteiger charge is -2.29. The monoisotopic (exact) mass is 266 g/mol. The normalized spacial score (nSPS) is 20.3. The van der Waals surface area contributed by atoms with Crippen LogP contribution >= 0.6 is 11.8 Å². The van der Waals surface area contributed by atoms with E-state index in [1.807, 2.05) is 18.2 Å². The van der Waals surface area contributed by atoms with Crippen molar-refractivity contribution in [3.63, 3.8) is 0 Å². The molecular weight excluding hydrogens is 244 g/mol. The SMILES string of the molecule is CC(C)CCCC(O)C1CSc2ccccc2O1.